The van der Waals surface area contributed by atoms with E-state index in [2.05, 4.69) is 0 Å². The molecule has 2 nitrogen and oxygen atoms in total. The van der Waals surface area contributed by atoms with Gasteiger partial charge in [0.05, 0.1) is 0 Å². The van der Waals surface area contributed by atoms with Crippen molar-refractivity contribution in [3.8, 4) is 0 Å². The quantitative estimate of drug-likeness (QED) is 0.811. The van der Waals surface area contributed by atoms with E-state index in [4.69, 9.17) is 5.11 Å². The van der Waals surface area contributed by atoms with E-state index in [1.54, 1.807) is 0 Å². The molecule has 0 bridgehead atoms. The van der Waals surface area contributed by atoms with Gasteiger partial charge in [0.2, 0.25) is 0 Å². The van der Waals surface area contributed by atoms with E-state index in [9.17, 15) is 4.79 Å². The second kappa shape index (κ2) is 4.13. The third-order valence-electron chi connectivity index (χ3n) is 2.93. The number of carboxylic acids is 1. The summed E-state index contributed by atoms with van der Waals surface area (Å²) in [7, 11) is 0. The molecule has 1 aromatic heterocycles. The van der Waals surface area contributed by atoms with E-state index in [1.807, 2.05) is 11.4 Å². The highest BCUT2D eigenvalue weighted by Crippen LogP contribution is 2.36. The minimum absolute atomic E-state index is 0.501. The summed E-state index contributed by atoms with van der Waals surface area (Å²) in [5.41, 5.74) is 1.07. The zero-order valence-corrected chi connectivity index (χ0v) is 8.85. The number of carboxylic acid groups (broad SMARTS) is 1. The van der Waals surface area contributed by atoms with Crippen molar-refractivity contribution in [2.75, 3.05) is 0 Å². The van der Waals surface area contributed by atoms with Crippen molar-refractivity contribution >= 4 is 17.3 Å². The molecule has 1 aliphatic carbocycles. The molecule has 2 rings (SSSR count). The summed E-state index contributed by atoms with van der Waals surface area (Å²) >= 11 is 1.35. The molecule has 1 fully saturated rings. The Kier molecular flexibility index (Phi) is 2.87. The maximum atomic E-state index is 10.9. The molecule has 0 atom stereocenters. The van der Waals surface area contributed by atoms with Gasteiger partial charge in [0.1, 0.15) is 4.88 Å². The Morgan fingerprint density at radius 2 is 2.07 bits per heavy atom. The molecule has 1 N–H and O–H groups in total. The fourth-order valence-corrected chi connectivity index (χ4v) is 3.05. The Bertz CT molecular complexity index is 324. The molecule has 0 amide bonds. The van der Waals surface area contributed by atoms with Gasteiger partial charge in [0.15, 0.2) is 0 Å². The molecule has 3 heteroatoms. The van der Waals surface area contributed by atoms with Crippen molar-refractivity contribution in [3.63, 3.8) is 0 Å². The highest BCUT2D eigenvalue weighted by molar-refractivity contribution is 7.12. The largest absolute Gasteiger partial charge is 0.477 e. The van der Waals surface area contributed by atoms with Crippen LogP contribution in [0.15, 0.2) is 11.4 Å². The number of hydrogen-bond acceptors (Lipinski definition) is 2. The van der Waals surface area contributed by atoms with Crippen LogP contribution in [-0.2, 0) is 0 Å². The summed E-state index contributed by atoms with van der Waals surface area (Å²) in [6.45, 7) is 0. The van der Waals surface area contributed by atoms with Crippen LogP contribution in [0.25, 0.3) is 0 Å². The average Bonchev–Trinajstić information content (AvgIpc) is 2.67. The molecular formula is C11H14O2S. The molecule has 0 unspecified atom stereocenters. The lowest BCUT2D eigenvalue weighted by molar-refractivity contribution is 0.0700. The Morgan fingerprint density at radius 1 is 1.36 bits per heavy atom. The van der Waals surface area contributed by atoms with E-state index in [0.29, 0.717) is 10.8 Å². The van der Waals surface area contributed by atoms with Gasteiger partial charge >= 0.3 is 5.97 Å². The Balaban J connectivity index is 2.21. The highest BCUT2D eigenvalue weighted by Gasteiger charge is 2.21. The molecule has 1 aromatic rings. The predicted octanol–water partition coefficient (Wildman–Crippen LogP) is 3.49. The van der Waals surface area contributed by atoms with Crippen LogP contribution in [0.2, 0.25) is 0 Å². The Morgan fingerprint density at radius 3 is 2.71 bits per heavy atom. The molecule has 1 saturated carbocycles. The number of hydrogen-bond donors (Lipinski definition) is 1. The van der Waals surface area contributed by atoms with E-state index in [-0.39, 0.29) is 0 Å². The van der Waals surface area contributed by atoms with E-state index in [1.165, 1.54) is 30.6 Å². The van der Waals surface area contributed by atoms with Gasteiger partial charge in [0, 0.05) is 0 Å². The Hall–Kier alpha value is -0.830. The summed E-state index contributed by atoms with van der Waals surface area (Å²) in [5, 5.41) is 10.9. The van der Waals surface area contributed by atoms with Crippen LogP contribution in [0.3, 0.4) is 0 Å². The van der Waals surface area contributed by atoms with E-state index >= 15 is 0 Å². The smallest absolute Gasteiger partial charge is 0.346 e. The molecule has 0 saturated heterocycles. The van der Waals surface area contributed by atoms with Crippen molar-refractivity contribution in [2.45, 2.75) is 38.0 Å². The lowest BCUT2D eigenvalue weighted by Gasteiger charge is -2.21. The molecule has 76 valence electrons. The van der Waals surface area contributed by atoms with Crippen LogP contribution in [0.5, 0.6) is 0 Å². The van der Waals surface area contributed by atoms with Crippen LogP contribution >= 0.6 is 11.3 Å². The van der Waals surface area contributed by atoms with Crippen molar-refractivity contribution < 1.29 is 9.90 Å². The van der Waals surface area contributed by atoms with Crippen molar-refractivity contribution in [3.05, 3.63) is 21.9 Å². The van der Waals surface area contributed by atoms with Crippen LogP contribution in [0.4, 0.5) is 0 Å². The SMILES string of the molecule is O=C(O)c1sccc1C1CCCCC1. The summed E-state index contributed by atoms with van der Waals surface area (Å²) < 4.78 is 0. The van der Waals surface area contributed by atoms with Gasteiger partial charge < -0.3 is 5.11 Å². The normalized spacial score (nSPS) is 18.3. The minimum Gasteiger partial charge on any atom is -0.477 e. The lowest BCUT2D eigenvalue weighted by atomic mass is 9.84. The van der Waals surface area contributed by atoms with Crippen molar-refractivity contribution in [1.82, 2.24) is 0 Å². The van der Waals surface area contributed by atoms with Gasteiger partial charge in [-0.2, -0.15) is 0 Å². The fraction of sp³-hybridized carbons (Fsp3) is 0.545. The molecule has 1 heterocycles. The standard InChI is InChI=1S/C11H14O2S/c12-11(13)10-9(6-7-14-10)8-4-2-1-3-5-8/h6-8H,1-5H2,(H,12,13). The zero-order chi connectivity index (χ0) is 9.97. The van der Waals surface area contributed by atoms with Gasteiger partial charge in [-0.25, -0.2) is 4.79 Å². The molecule has 14 heavy (non-hydrogen) atoms. The first-order chi connectivity index (χ1) is 6.79. The first kappa shape index (κ1) is 9.71. The second-order valence-electron chi connectivity index (χ2n) is 3.85. The summed E-state index contributed by atoms with van der Waals surface area (Å²) in [5.74, 6) is -0.262. The van der Waals surface area contributed by atoms with Gasteiger partial charge in [-0.05, 0) is 35.8 Å². The maximum absolute atomic E-state index is 10.9. The molecular weight excluding hydrogens is 196 g/mol. The topological polar surface area (TPSA) is 37.3 Å². The van der Waals surface area contributed by atoms with E-state index in [0.717, 1.165) is 18.4 Å². The second-order valence-corrected chi connectivity index (χ2v) is 4.76. The van der Waals surface area contributed by atoms with Crippen LogP contribution < -0.4 is 0 Å². The van der Waals surface area contributed by atoms with Crippen LogP contribution in [0, 0.1) is 0 Å². The maximum Gasteiger partial charge on any atom is 0.346 e. The molecule has 0 aliphatic heterocycles. The number of aromatic carboxylic acids is 1. The lowest BCUT2D eigenvalue weighted by Crippen LogP contribution is -2.07. The first-order valence-corrected chi connectivity index (χ1v) is 5.97. The number of rotatable bonds is 2. The molecule has 0 spiro atoms. The predicted molar refractivity (Wildman–Crippen MR) is 57.1 cm³/mol. The van der Waals surface area contributed by atoms with Crippen molar-refractivity contribution in [1.29, 1.82) is 0 Å². The van der Waals surface area contributed by atoms with Gasteiger partial charge in [-0.1, -0.05) is 19.3 Å². The first-order valence-electron chi connectivity index (χ1n) is 5.09. The van der Waals surface area contributed by atoms with Gasteiger partial charge in [0.25, 0.3) is 0 Å². The molecule has 0 radical (unpaired) electrons. The highest BCUT2D eigenvalue weighted by atomic mass is 32.1. The average molecular weight is 210 g/mol. The summed E-state index contributed by atoms with van der Waals surface area (Å²) in [6.07, 6.45) is 6.14. The molecule has 0 aromatic carbocycles. The molecule has 1 aliphatic rings. The zero-order valence-electron chi connectivity index (χ0n) is 8.03. The third-order valence-corrected chi connectivity index (χ3v) is 3.85. The third kappa shape index (κ3) is 1.82. The van der Waals surface area contributed by atoms with Crippen LogP contribution in [0.1, 0.15) is 53.3 Å². The van der Waals surface area contributed by atoms with Gasteiger partial charge in [-0.3, -0.25) is 0 Å². The van der Waals surface area contributed by atoms with Crippen molar-refractivity contribution in [2.24, 2.45) is 0 Å². The number of carbonyl (C=O) groups is 1. The summed E-state index contributed by atoms with van der Waals surface area (Å²) in [6, 6.07) is 1.99. The summed E-state index contributed by atoms with van der Waals surface area (Å²) in [4.78, 5) is 11.5. The van der Waals surface area contributed by atoms with Gasteiger partial charge in [-0.15, -0.1) is 11.3 Å². The fourth-order valence-electron chi connectivity index (χ4n) is 2.23. The number of thiophene rings is 1. The van der Waals surface area contributed by atoms with E-state index < -0.39 is 5.97 Å². The minimum atomic E-state index is -0.763. The Labute approximate surface area is 87.6 Å². The monoisotopic (exact) mass is 210 g/mol. The van der Waals surface area contributed by atoms with Crippen LogP contribution in [-0.4, -0.2) is 11.1 Å².